The minimum Gasteiger partial charge on any atom is -0.495 e. The van der Waals surface area contributed by atoms with Gasteiger partial charge in [-0.2, -0.15) is 0 Å². The minimum atomic E-state index is -1.19. The predicted octanol–water partition coefficient (Wildman–Crippen LogP) is 2.66. The van der Waals surface area contributed by atoms with Gasteiger partial charge in [-0.1, -0.05) is 24.3 Å². The first kappa shape index (κ1) is 15.9. The highest BCUT2D eigenvalue weighted by Crippen LogP contribution is 2.46. The maximum Gasteiger partial charge on any atom is 0.338 e. The van der Waals surface area contributed by atoms with E-state index in [1.54, 1.807) is 24.3 Å². The zero-order valence-corrected chi connectivity index (χ0v) is 13.9. The molecule has 0 bridgehead atoms. The van der Waals surface area contributed by atoms with Crippen molar-refractivity contribution in [2.24, 2.45) is 0 Å². The van der Waals surface area contributed by atoms with E-state index in [-0.39, 0.29) is 50.5 Å². The van der Waals surface area contributed by atoms with Crippen LogP contribution in [0.15, 0.2) is 30.5 Å². The van der Waals surface area contributed by atoms with Crippen LogP contribution in [0.2, 0.25) is 0 Å². The van der Waals surface area contributed by atoms with Gasteiger partial charge in [-0.3, -0.25) is 9.59 Å². The molecule has 2 N–H and O–H groups in total. The van der Waals surface area contributed by atoms with Crippen LogP contribution in [0.25, 0.3) is 10.9 Å². The highest BCUT2D eigenvalue weighted by atomic mass is 16.5. The third kappa shape index (κ3) is 1.85. The van der Waals surface area contributed by atoms with Gasteiger partial charge in [0, 0.05) is 17.3 Å². The molecular formula is C19H13NO6. The van der Waals surface area contributed by atoms with E-state index < -0.39 is 11.8 Å². The van der Waals surface area contributed by atoms with E-state index in [2.05, 4.69) is 4.98 Å². The summed E-state index contributed by atoms with van der Waals surface area (Å²) in [5.41, 5.74) is 0.826. The number of aromatic amines is 1. The van der Waals surface area contributed by atoms with Crippen molar-refractivity contribution in [3.05, 3.63) is 58.3 Å². The molecule has 0 fully saturated rings. The minimum absolute atomic E-state index is 0.0163. The number of aromatic carboxylic acids is 1. The van der Waals surface area contributed by atoms with Gasteiger partial charge in [-0.05, 0) is 0 Å². The number of ether oxygens (including phenoxy) is 2. The Bertz CT molecular complexity index is 1120. The lowest BCUT2D eigenvalue weighted by molar-refractivity contribution is 0.0698. The molecular weight excluding hydrogens is 338 g/mol. The van der Waals surface area contributed by atoms with Crippen LogP contribution in [0, 0.1) is 0 Å². The van der Waals surface area contributed by atoms with Crippen LogP contribution in [-0.2, 0) is 0 Å². The molecule has 0 spiro atoms. The SMILES string of the molecule is COc1c2c(c(OC)c3c(C(=O)O)c[nH]c13)C(=O)c1ccccc1C2=O. The second-order valence-electron chi connectivity index (χ2n) is 5.78. The van der Waals surface area contributed by atoms with Crippen molar-refractivity contribution in [3.63, 3.8) is 0 Å². The van der Waals surface area contributed by atoms with Gasteiger partial charge >= 0.3 is 5.97 Å². The van der Waals surface area contributed by atoms with Crippen molar-refractivity contribution in [2.45, 2.75) is 0 Å². The van der Waals surface area contributed by atoms with Crippen molar-refractivity contribution in [3.8, 4) is 11.5 Å². The third-order valence-electron chi connectivity index (χ3n) is 4.55. The number of methoxy groups -OCH3 is 2. The summed E-state index contributed by atoms with van der Waals surface area (Å²) in [5.74, 6) is -1.81. The van der Waals surface area contributed by atoms with E-state index in [1.165, 1.54) is 20.4 Å². The number of carbonyl (C=O) groups excluding carboxylic acids is 2. The van der Waals surface area contributed by atoms with Crippen molar-refractivity contribution < 1.29 is 29.0 Å². The molecule has 130 valence electrons. The van der Waals surface area contributed by atoms with Crippen LogP contribution < -0.4 is 9.47 Å². The molecule has 26 heavy (non-hydrogen) atoms. The van der Waals surface area contributed by atoms with E-state index in [1.807, 2.05) is 0 Å². The monoisotopic (exact) mass is 351 g/mol. The lowest BCUT2D eigenvalue weighted by Gasteiger charge is -2.22. The summed E-state index contributed by atoms with van der Waals surface area (Å²) >= 11 is 0. The van der Waals surface area contributed by atoms with E-state index in [9.17, 15) is 19.5 Å². The summed E-state index contributed by atoms with van der Waals surface area (Å²) in [6, 6.07) is 6.47. The number of carboxylic acid groups (broad SMARTS) is 1. The molecule has 0 saturated heterocycles. The highest BCUT2D eigenvalue weighted by molar-refractivity contribution is 6.33. The molecule has 1 aromatic heterocycles. The predicted molar refractivity (Wildman–Crippen MR) is 91.7 cm³/mol. The van der Waals surface area contributed by atoms with Crippen LogP contribution in [0.3, 0.4) is 0 Å². The number of hydrogen-bond acceptors (Lipinski definition) is 5. The number of carboxylic acids is 1. The Balaban J connectivity index is 2.22. The second kappa shape index (κ2) is 5.45. The average Bonchev–Trinajstić information content (AvgIpc) is 3.09. The maximum atomic E-state index is 13.1. The van der Waals surface area contributed by atoms with E-state index >= 15 is 0 Å². The quantitative estimate of drug-likeness (QED) is 0.588. The molecule has 7 heteroatoms. The Morgan fingerprint density at radius 2 is 1.50 bits per heavy atom. The summed E-state index contributed by atoms with van der Waals surface area (Å²) in [4.78, 5) is 40.6. The van der Waals surface area contributed by atoms with Crippen LogP contribution in [-0.4, -0.2) is 41.8 Å². The number of hydrogen-bond donors (Lipinski definition) is 2. The first-order valence-corrected chi connectivity index (χ1v) is 7.72. The molecule has 4 rings (SSSR count). The Morgan fingerprint density at radius 3 is 2.00 bits per heavy atom. The zero-order chi connectivity index (χ0) is 18.6. The molecule has 0 amide bonds. The van der Waals surface area contributed by atoms with Gasteiger partial charge in [0.25, 0.3) is 0 Å². The van der Waals surface area contributed by atoms with Gasteiger partial charge in [-0.25, -0.2) is 4.79 Å². The molecule has 1 aliphatic carbocycles. The van der Waals surface area contributed by atoms with E-state index in [0.717, 1.165) is 0 Å². The fraction of sp³-hybridized carbons (Fsp3) is 0.105. The lowest BCUT2D eigenvalue weighted by Crippen LogP contribution is -2.23. The molecule has 1 heterocycles. The zero-order valence-electron chi connectivity index (χ0n) is 13.9. The molecule has 0 radical (unpaired) electrons. The molecule has 0 saturated carbocycles. The number of benzene rings is 2. The molecule has 0 atom stereocenters. The lowest BCUT2D eigenvalue weighted by atomic mass is 9.82. The number of aromatic nitrogens is 1. The Hall–Kier alpha value is -3.61. The largest absolute Gasteiger partial charge is 0.495 e. The summed E-state index contributed by atoms with van der Waals surface area (Å²) in [6.45, 7) is 0. The van der Waals surface area contributed by atoms with Crippen molar-refractivity contribution >= 4 is 28.4 Å². The molecule has 3 aromatic rings. The van der Waals surface area contributed by atoms with E-state index in [0.29, 0.717) is 5.52 Å². The maximum absolute atomic E-state index is 13.1. The summed E-state index contributed by atoms with van der Waals surface area (Å²) in [6.07, 6.45) is 1.28. The second-order valence-corrected chi connectivity index (χ2v) is 5.78. The first-order valence-electron chi connectivity index (χ1n) is 7.72. The topological polar surface area (TPSA) is 106 Å². The Morgan fingerprint density at radius 1 is 0.962 bits per heavy atom. The molecule has 7 nitrogen and oxygen atoms in total. The number of nitrogens with one attached hydrogen (secondary N) is 1. The van der Waals surface area contributed by atoms with Gasteiger partial charge in [0.15, 0.2) is 17.3 Å². The van der Waals surface area contributed by atoms with Gasteiger partial charge in [-0.15, -0.1) is 0 Å². The Labute approximate surface area is 147 Å². The number of fused-ring (bicyclic) bond motifs is 3. The van der Waals surface area contributed by atoms with Gasteiger partial charge in [0.2, 0.25) is 0 Å². The van der Waals surface area contributed by atoms with Crippen molar-refractivity contribution in [1.29, 1.82) is 0 Å². The van der Waals surface area contributed by atoms with Gasteiger partial charge < -0.3 is 19.6 Å². The summed E-state index contributed by atoms with van der Waals surface area (Å²) < 4.78 is 10.8. The number of H-pyrrole nitrogens is 1. The third-order valence-corrected chi connectivity index (χ3v) is 4.55. The van der Waals surface area contributed by atoms with Crippen LogP contribution in [0.4, 0.5) is 0 Å². The summed E-state index contributed by atoms with van der Waals surface area (Å²) in [7, 11) is 2.69. The van der Waals surface area contributed by atoms with Gasteiger partial charge in [0.1, 0.15) is 5.75 Å². The van der Waals surface area contributed by atoms with Crippen LogP contribution in [0.1, 0.15) is 42.2 Å². The fourth-order valence-electron chi connectivity index (χ4n) is 3.47. The smallest absolute Gasteiger partial charge is 0.338 e. The number of ketones is 2. The van der Waals surface area contributed by atoms with Crippen LogP contribution >= 0.6 is 0 Å². The van der Waals surface area contributed by atoms with Crippen LogP contribution in [0.5, 0.6) is 11.5 Å². The summed E-state index contributed by atoms with van der Waals surface area (Å²) in [5, 5.41) is 9.66. The molecule has 1 aliphatic rings. The first-order chi connectivity index (χ1) is 12.5. The Kier molecular flexibility index (Phi) is 3.33. The molecule has 0 unspecified atom stereocenters. The standard InChI is InChI=1S/C19H13NO6/c1-25-17-11-10(19(23)24)7-20-14(11)18(26-2)13-12(17)15(21)8-5-3-4-6-9(8)16(13)22/h3-7,20H,1-2H3,(H,23,24). The molecule has 0 aliphatic heterocycles. The van der Waals surface area contributed by atoms with Crippen molar-refractivity contribution in [1.82, 2.24) is 4.98 Å². The normalized spacial score (nSPS) is 12.7. The fourth-order valence-corrected chi connectivity index (χ4v) is 3.47. The number of carbonyl (C=O) groups is 3. The van der Waals surface area contributed by atoms with Crippen molar-refractivity contribution in [2.75, 3.05) is 14.2 Å². The molecule has 2 aromatic carbocycles. The van der Waals surface area contributed by atoms with Gasteiger partial charge in [0.05, 0.1) is 41.8 Å². The number of rotatable bonds is 3. The highest BCUT2D eigenvalue weighted by Gasteiger charge is 2.38. The average molecular weight is 351 g/mol. The van der Waals surface area contributed by atoms with E-state index in [4.69, 9.17) is 9.47 Å².